The van der Waals surface area contributed by atoms with E-state index in [-0.39, 0.29) is 31.1 Å². The van der Waals surface area contributed by atoms with Crippen molar-refractivity contribution in [1.82, 2.24) is 0 Å². The zero-order valence-electron chi connectivity index (χ0n) is 42.0. The molecule has 6 heteroatoms. The van der Waals surface area contributed by atoms with E-state index >= 15 is 0 Å². The minimum absolute atomic E-state index is 0.0947. The molecule has 0 saturated carbocycles. The number of unbranched alkanes of at least 4 members (excludes halogenated alkanes) is 29. The summed E-state index contributed by atoms with van der Waals surface area (Å²) in [7, 11) is 0. The number of ether oxygens (including phenoxy) is 3. The van der Waals surface area contributed by atoms with Crippen LogP contribution in [0.1, 0.15) is 258 Å². The van der Waals surface area contributed by atoms with Gasteiger partial charge in [-0.1, -0.05) is 248 Å². The fourth-order valence-corrected chi connectivity index (χ4v) is 7.50. The van der Waals surface area contributed by atoms with Gasteiger partial charge in [0.15, 0.2) is 6.10 Å². The van der Waals surface area contributed by atoms with E-state index in [9.17, 15) is 14.4 Å². The third-order valence-corrected chi connectivity index (χ3v) is 11.6. The van der Waals surface area contributed by atoms with E-state index in [0.29, 0.717) is 19.3 Å². The van der Waals surface area contributed by atoms with Gasteiger partial charge in [-0.3, -0.25) is 14.4 Å². The van der Waals surface area contributed by atoms with Gasteiger partial charge in [-0.05, 0) is 64.2 Å². The average molecular weight is 893 g/mol. The van der Waals surface area contributed by atoms with Gasteiger partial charge >= 0.3 is 17.9 Å². The third-order valence-electron chi connectivity index (χ3n) is 11.6. The van der Waals surface area contributed by atoms with Gasteiger partial charge in [0.1, 0.15) is 13.2 Å². The predicted octanol–water partition coefficient (Wildman–Crippen LogP) is 17.8. The monoisotopic (exact) mass is 893 g/mol. The second-order valence-corrected chi connectivity index (χ2v) is 17.9. The Kier molecular flexibility index (Phi) is 49.9. The SMILES string of the molecule is CC\C=C/C=C\C=C/C=C\CCCCCC(=O)OCC(COC(=O)CCCCCCC/C=C\C=C/CCCCCCCCC)OC(=O)CCCCCCCCCCCCCCCCC. The topological polar surface area (TPSA) is 78.9 Å². The molecule has 6 nitrogen and oxygen atoms in total. The Morgan fingerprint density at radius 1 is 0.328 bits per heavy atom. The van der Waals surface area contributed by atoms with Crippen molar-refractivity contribution in [3.05, 3.63) is 72.9 Å². The summed E-state index contributed by atoms with van der Waals surface area (Å²) >= 11 is 0. The summed E-state index contributed by atoms with van der Waals surface area (Å²) in [6.07, 6.45) is 66.0. The van der Waals surface area contributed by atoms with Crippen LogP contribution >= 0.6 is 0 Å². The maximum atomic E-state index is 12.8. The highest BCUT2D eigenvalue weighted by Gasteiger charge is 2.19. The molecule has 0 aliphatic carbocycles. The van der Waals surface area contributed by atoms with E-state index in [1.54, 1.807) is 0 Å². The van der Waals surface area contributed by atoms with Crippen LogP contribution in [0.25, 0.3) is 0 Å². The minimum atomic E-state index is -0.796. The maximum absolute atomic E-state index is 12.8. The highest BCUT2D eigenvalue weighted by atomic mass is 16.6. The second-order valence-electron chi connectivity index (χ2n) is 17.9. The lowest BCUT2D eigenvalue weighted by atomic mass is 10.0. The van der Waals surface area contributed by atoms with Crippen LogP contribution in [-0.4, -0.2) is 37.2 Å². The van der Waals surface area contributed by atoms with Crippen molar-refractivity contribution in [2.75, 3.05) is 13.2 Å². The fraction of sp³-hybridized carbons (Fsp3) is 0.741. The number of allylic oxidation sites excluding steroid dienone is 12. The minimum Gasteiger partial charge on any atom is -0.462 e. The lowest BCUT2D eigenvalue weighted by molar-refractivity contribution is -0.167. The van der Waals surface area contributed by atoms with Gasteiger partial charge in [-0.25, -0.2) is 0 Å². The van der Waals surface area contributed by atoms with Crippen LogP contribution < -0.4 is 0 Å². The maximum Gasteiger partial charge on any atom is 0.306 e. The Bertz CT molecular complexity index is 1210. The van der Waals surface area contributed by atoms with Gasteiger partial charge in [0.25, 0.3) is 0 Å². The Morgan fingerprint density at radius 2 is 0.609 bits per heavy atom. The van der Waals surface area contributed by atoms with Crippen molar-refractivity contribution in [3.8, 4) is 0 Å². The largest absolute Gasteiger partial charge is 0.462 e. The van der Waals surface area contributed by atoms with E-state index in [0.717, 1.165) is 89.9 Å². The molecule has 1 unspecified atom stereocenters. The first-order chi connectivity index (χ1) is 31.5. The quantitative estimate of drug-likeness (QED) is 0.0262. The van der Waals surface area contributed by atoms with Crippen molar-refractivity contribution in [3.63, 3.8) is 0 Å². The molecule has 0 aromatic rings. The zero-order chi connectivity index (χ0) is 46.5. The molecule has 0 aliphatic heterocycles. The Labute approximate surface area is 395 Å². The molecule has 0 saturated heterocycles. The zero-order valence-corrected chi connectivity index (χ0v) is 42.0. The Hall–Kier alpha value is -3.15. The molecule has 0 N–H and O–H groups in total. The molecule has 0 rings (SSSR count). The van der Waals surface area contributed by atoms with Crippen molar-refractivity contribution < 1.29 is 28.6 Å². The molecule has 0 radical (unpaired) electrons. The molecule has 64 heavy (non-hydrogen) atoms. The van der Waals surface area contributed by atoms with E-state index in [2.05, 4.69) is 63.3 Å². The van der Waals surface area contributed by atoms with Crippen molar-refractivity contribution in [1.29, 1.82) is 0 Å². The van der Waals surface area contributed by atoms with Gasteiger partial charge in [0.05, 0.1) is 0 Å². The number of carbonyl (C=O) groups excluding carboxylic acids is 3. The fourth-order valence-electron chi connectivity index (χ4n) is 7.50. The molecule has 1 atom stereocenters. The number of hydrogen-bond acceptors (Lipinski definition) is 6. The molecule has 0 aromatic carbocycles. The van der Waals surface area contributed by atoms with E-state index in [1.807, 2.05) is 30.4 Å². The van der Waals surface area contributed by atoms with Crippen LogP contribution in [0.15, 0.2) is 72.9 Å². The molecule has 0 amide bonds. The summed E-state index contributed by atoms with van der Waals surface area (Å²) in [4.78, 5) is 38.0. The number of rotatable bonds is 48. The van der Waals surface area contributed by atoms with Crippen LogP contribution in [0.2, 0.25) is 0 Å². The standard InChI is InChI=1S/C58H100O6/c1-4-7-10-13-16-19-22-25-27-28-29-31-33-36-39-42-45-48-51-57(60)63-54-55(53-62-56(59)50-47-44-41-38-35-32-24-21-18-15-12-9-6-3)64-58(61)52-49-46-43-40-37-34-30-26-23-20-17-14-11-8-5-2/h9,12,15,18,21,24,27-29,31-32,35,55H,4-8,10-11,13-14,16-17,19-20,22-23,25-26,30,33-34,36-54H2,1-3H3/b12-9-,18-15-,24-21-,28-27-,31-29-,35-32-. The van der Waals surface area contributed by atoms with Crippen LogP contribution in [0.4, 0.5) is 0 Å². The molecular formula is C58H100O6. The number of hydrogen-bond donors (Lipinski definition) is 0. The number of carbonyl (C=O) groups is 3. The summed E-state index contributed by atoms with van der Waals surface area (Å²) in [5, 5.41) is 0. The highest BCUT2D eigenvalue weighted by Crippen LogP contribution is 2.15. The molecule has 0 heterocycles. The van der Waals surface area contributed by atoms with Crippen molar-refractivity contribution in [2.24, 2.45) is 0 Å². The predicted molar refractivity (Wildman–Crippen MR) is 274 cm³/mol. The molecule has 0 aliphatic rings. The summed E-state index contributed by atoms with van der Waals surface area (Å²) in [6, 6.07) is 0. The number of esters is 3. The summed E-state index contributed by atoms with van der Waals surface area (Å²) in [6.45, 7) is 6.46. The van der Waals surface area contributed by atoms with E-state index in [1.165, 1.54) is 128 Å². The Morgan fingerprint density at radius 3 is 0.984 bits per heavy atom. The second kappa shape index (κ2) is 52.5. The first kappa shape index (κ1) is 60.9. The molecule has 0 bridgehead atoms. The molecule has 0 spiro atoms. The first-order valence-corrected chi connectivity index (χ1v) is 27.0. The van der Waals surface area contributed by atoms with Crippen LogP contribution in [-0.2, 0) is 28.6 Å². The molecule has 0 aromatic heterocycles. The summed E-state index contributed by atoms with van der Waals surface area (Å²) in [5.74, 6) is -0.942. The third kappa shape index (κ3) is 49.9. The molecule has 368 valence electrons. The normalized spacial score (nSPS) is 12.6. The summed E-state index contributed by atoms with van der Waals surface area (Å²) in [5.41, 5.74) is 0. The van der Waals surface area contributed by atoms with Crippen LogP contribution in [0, 0.1) is 0 Å². The smallest absolute Gasteiger partial charge is 0.306 e. The van der Waals surface area contributed by atoms with Gasteiger partial charge in [-0.2, -0.15) is 0 Å². The van der Waals surface area contributed by atoms with Crippen LogP contribution in [0.5, 0.6) is 0 Å². The van der Waals surface area contributed by atoms with E-state index < -0.39 is 6.10 Å². The first-order valence-electron chi connectivity index (χ1n) is 27.0. The van der Waals surface area contributed by atoms with Gasteiger partial charge in [0.2, 0.25) is 0 Å². The summed E-state index contributed by atoms with van der Waals surface area (Å²) < 4.78 is 16.8. The van der Waals surface area contributed by atoms with E-state index in [4.69, 9.17) is 14.2 Å². The Balaban J connectivity index is 4.43. The van der Waals surface area contributed by atoms with Crippen LogP contribution in [0.3, 0.4) is 0 Å². The van der Waals surface area contributed by atoms with Gasteiger partial charge in [-0.15, -0.1) is 0 Å². The molecule has 0 fully saturated rings. The van der Waals surface area contributed by atoms with Crippen molar-refractivity contribution in [2.45, 2.75) is 264 Å². The van der Waals surface area contributed by atoms with Gasteiger partial charge < -0.3 is 14.2 Å². The lowest BCUT2D eigenvalue weighted by Gasteiger charge is -2.18. The van der Waals surface area contributed by atoms with Gasteiger partial charge in [0, 0.05) is 19.3 Å². The average Bonchev–Trinajstić information content (AvgIpc) is 3.29. The van der Waals surface area contributed by atoms with Crippen molar-refractivity contribution >= 4 is 17.9 Å². The highest BCUT2D eigenvalue weighted by molar-refractivity contribution is 5.71. The lowest BCUT2D eigenvalue weighted by Crippen LogP contribution is -2.30. The molecular weight excluding hydrogens is 793 g/mol.